The molecule has 3 nitrogen and oxygen atoms in total. The van der Waals surface area contributed by atoms with Gasteiger partial charge in [0.05, 0.1) is 5.69 Å². The van der Waals surface area contributed by atoms with Crippen LogP contribution >= 0.6 is 23.1 Å². The summed E-state index contributed by atoms with van der Waals surface area (Å²) in [4.78, 5) is 16.2. The number of nitrogen functional groups attached to an aromatic ring is 1. The lowest BCUT2D eigenvalue weighted by atomic mass is 10.1. The van der Waals surface area contributed by atoms with E-state index in [0.717, 1.165) is 27.5 Å². The van der Waals surface area contributed by atoms with Gasteiger partial charge >= 0.3 is 0 Å². The minimum Gasteiger partial charge on any atom is -0.375 e. The van der Waals surface area contributed by atoms with Crippen LogP contribution in [-0.4, -0.2) is 15.9 Å². The Morgan fingerprint density at radius 3 is 2.67 bits per heavy atom. The van der Waals surface area contributed by atoms with Crippen molar-refractivity contribution < 1.29 is 4.79 Å². The van der Waals surface area contributed by atoms with Crippen molar-refractivity contribution in [3.05, 3.63) is 34.7 Å². The maximum absolute atomic E-state index is 10.8. The van der Waals surface area contributed by atoms with Gasteiger partial charge in [-0.2, -0.15) is 0 Å². The van der Waals surface area contributed by atoms with E-state index in [2.05, 4.69) is 16.8 Å². The summed E-state index contributed by atoms with van der Waals surface area (Å²) in [5.74, 6) is 6.92. The molecule has 0 aliphatic rings. The highest BCUT2D eigenvalue weighted by Crippen LogP contribution is 2.28. The summed E-state index contributed by atoms with van der Waals surface area (Å²) in [6.07, 6.45) is 0.716. The molecular formula is C16H16N2OS2. The molecule has 1 aromatic carbocycles. The number of nitrogens with two attached hydrogens (primary N) is 1. The first kappa shape index (κ1) is 15.6. The third-order valence-corrected chi connectivity index (χ3v) is 4.35. The third kappa shape index (κ3) is 4.62. The van der Waals surface area contributed by atoms with Crippen LogP contribution < -0.4 is 5.73 Å². The van der Waals surface area contributed by atoms with Crippen LogP contribution in [0, 0.1) is 18.8 Å². The Hall–Kier alpha value is -1.77. The second kappa shape index (κ2) is 7.30. The Kier molecular flexibility index (Phi) is 5.43. The van der Waals surface area contributed by atoms with Gasteiger partial charge in [0, 0.05) is 35.1 Å². The number of hydrogen-bond donors (Lipinski definition) is 1. The highest BCUT2D eigenvalue weighted by molar-refractivity contribution is 8.13. The van der Waals surface area contributed by atoms with Crippen LogP contribution in [0.4, 0.5) is 5.13 Å². The summed E-state index contributed by atoms with van der Waals surface area (Å²) in [6.45, 7) is 3.59. The first-order chi connectivity index (χ1) is 10.1. The topological polar surface area (TPSA) is 56.0 Å². The number of benzene rings is 1. The molecule has 0 saturated heterocycles. The minimum absolute atomic E-state index is 0.138. The molecule has 108 valence electrons. The zero-order chi connectivity index (χ0) is 15.2. The van der Waals surface area contributed by atoms with Crippen molar-refractivity contribution in [2.24, 2.45) is 0 Å². The summed E-state index contributed by atoms with van der Waals surface area (Å²) in [5, 5.41) is 0.730. The SMILES string of the molecule is CC(=O)SCCC#Cc1ccc(-c2nc(N)sc2C)cc1. The van der Waals surface area contributed by atoms with Crippen LogP contribution in [0.25, 0.3) is 11.3 Å². The van der Waals surface area contributed by atoms with Gasteiger partial charge in [0.2, 0.25) is 0 Å². The molecule has 0 aliphatic carbocycles. The monoisotopic (exact) mass is 316 g/mol. The van der Waals surface area contributed by atoms with Crippen molar-refractivity contribution in [1.82, 2.24) is 4.98 Å². The molecule has 21 heavy (non-hydrogen) atoms. The molecular weight excluding hydrogens is 300 g/mol. The lowest BCUT2D eigenvalue weighted by molar-refractivity contribution is -0.109. The van der Waals surface area contributed by atoms with Gasteiger partial charge in [-0.1, -0.05) is 35.7 Å². The van der Waals surface area contributed by atoms with Gasteiger partial charge in [0.15, 0.2) is 10.2 Å². The Labute approximate surface area is 133 Å². The van der Waals surface area contributed by atoms with Crippen LogP contribution in [0.15, 0.2) is 24.3 Å². The van der Waals surface area contributed by atoms with Crippen molar-refractivity contribution in [3.63, 3.8) is 0 Å². The van der Waals surface area contributed by atoms with Crippen LogP contribution in [0.5, 0.6) is 0 Å². The van der Waals surface area contributed by atoms with Gasteiger partial charge in [0.1, 0.15) is 0 Å². The molecule has 0 saturated carbocycles. The number of carbonyl (C=O) groups excluding carboxylic acids is 1. The summed E-state index contributed by atoms with van der Waals surface area (Å²) in [5.41, 5.74) is 8.68. The van der Waals surface area contributed by atoms with E-state index in [0.29, 0.717) is 11.6 Å². The van der Waals surface area contributed by atoms with Crippen molar-refractivity contribution in [1.29, 1.82) is 0 Å². The van der Waals surface area contributed by atoms with Crippen LogP contribution in [0.3, 0.4) is 0 Å². The number of aromatic nitrogens is 1. The first-order valence-electron chi connectivity index (χ1n) is 6.52. The fraction of sp³-hybridized carbons (Fsp3) is 0.250. The molecule has 2 N–H and O–H groups in total. The quantitative estimate of drug-likeness (QED) is 0.692. The molecule has 1 heterocycles. The fourth-order valence-corrected chi connectivity index (χ4v) is 3.01. The first-order valence-corrected chi connectivity index (χ1v) is 8.32. The maximum atomic E-state index is 10.8. The van der Waals surface area contributed by atoms with Gasteiger partial charge in [-0.15, -0.1) is 11.3 Å². The molecule has 0 spiro atoms. The molecule has 0 bridgehead atoms. The standard InChI is InChI=1S/C16H16N2OS2/c1-11-15(18-16(17)21-11)14-8-6-13(7-9-14)5-3-4-10-20-12(2)19/h6-9H,4,10H2,1-2H3,(H2,17,18). The minimum atomic E-state index is 0.138. The predicted octanol–water partition coefficient (Wildman–Crippen LogP) is 3.72. The van der Waals surface area contributed by atoms with Gasteiger partial charge in [0.25, 0.3) is 0 Å². The largest absolute Gasteiger partial charge is 0.375 e. The summed E-state index contributed by atoms with van der Waals surface area (Å²) in [7, 11) is 0. The number of hydrogen-bond acceptors (Lipinski definition) is 5. The van der Waals surface area contributed by atoms with E-state index in [4.69, 9.17) is 5.73 Å². The van der Waals surface area contributed by atoms with Crippen molar-refractivity contribution in [2.45, 2.75) is 20.3 Å². The molecule has 0 unspecified atom stereocenters. The van der Waals surface area contributed by atoms with E-state index in [1.807, 2.05) is 31.2 Å². The molecule has 5 heteroatoms. The van der Waals surface area contributed by atoms with Gasteiger partial charge in [-0.25, -0.2) is 4.98 Å². The van der Waals surface area contributed by atoms with E-state index in [1.54, 1.807) is 6.92 Å². The van der Waals surface area contributed by atoms with E-state index in [1.165, 1.54) is 23.1 Å². The predicted molar refractivity (Wildman–Crippen MR) is 91.3 cm³/mol. The Morgan fingerprint density at radius 1 is 1.38 bits per heavy atom. The van der Waals surface area contributed by atoms with Crippen molar-refractivity contribution >= 4 is 33.3 Å². The number of rotatable bonds is 3. The van der Waals surface area contributed by atoms with E-state index < -0.39 is 0 Å². The Balaban J connectivity index is 2.01. The van der Waals surface area contributed by atoms with E-state index in [-0.39, 0.29) is 5.12 Å². The van der Waals surface area contributed by atoms with Crippen molar-refractivity contribution in [2.75, 3.05) is 11.5 Å². The lowest BCUT2D eigenvalue weighted by Gasteiger charge is -1.98. The smallest absolute Gasteiger partial charge is 0.185 e. The highest BCUT2D eigenvalue weighted by atomic mass is 32.2. The van der Waals surface area contributed by atoms with E-state index in [9.17, 15) is 4.79 Å². The van der Waals surface area contributed by atoms with Gasteiger partial charge in [-0.3, -0.25) is 4.79 Å². The number of thioether (sulfide) groups is 1. The van der Waals surface area contributed by atoms with Crippen LogP contribution in [0.1, 0.15) is 23.8 Å². The Bertz CT molecular complexity index is 693. The second-order valence-corrected chi connectivity index (χ2v) is 6.93. The molecule has 0 fully saturated rings. The van der Waals surface area contributed by atoms with Gasteiger partial charge in [-0.05, 0) is 19.1 Å². The summed E-state index contributed by atoms with van der Waals surface area (Å²) >= 11 is 2.81. The zero-order valence-electron chi connectivity index (χ0n) is 12.0. The maximum Gasteiger partial charge on any atom is 0.185 e. The average Bonchev–Trinajstić information content (AvgIpc) is 2.78. The highest BCUT2D eigenvalue weighted by Gasteiger charge is 2.07. The number of nitrogens with zero attached hydrogens (tertiary/aromatic N) is 1. The molecule has 0 radical (unpaired) electrons. The molecule has 1 aromatic heterocycles. The fourth-order valence-electron chi connectivity index (χ4n) is 1.81. The number of anilines is 1. The molecule has 0 aliphatic heterocycles. The zero-order valence-corrected chi connectivity index (χ0v) is 13.6. The molecule has 2 aromatic rings. The molecule has 0 amide bonds. The van der Waals surface area contributed by atoms with Crippen LogP contribution in [-0.2, 0) is 4.79 Å². The molecule has 0 atom stereocenters. The molecule has 2 rings (SSSR count). The number of thiazole rings is 1. The second-order valence-electron chi connectivity index (χ2n) is 4.43. The summed E-state index contributed by atoms with van der Waals surface area (Å²) in [6, 6.07) is 7.98. The van der Waals surface area contributed by atoms with Crippen LogP contribution in [0.2, 0.25) is 0 Å². The lowest BCUT2D eigenvalue weighted by Crippen LogP contribution is -1.85. The summed E-state index contributed by atoms with van der Waals surface area (Å²) < 4.78 is 0. The van der Waals surface area contributed by atoms with Crippen molar-refractivity contribution in [3.8, 4) is 23.1 Å². The normalized spacial score (nSPS) is 10.0. The number of aryl methyl sites for hydroxylation is 1. The number of carbonyl (C=O) groups is 1. The van der Waals surface area contributed by atoms with E-state index >= 15 is 0 Å². The average molecular weight is 316 g/mol. The van der Waals surface area contributed by atoms with Gasteiger partial charge < -0.3 is 5.73 Å². The third-order valence-electron chi connectivity index (χ3n) is 2.74. The Morgan fingerprint density at radius 2 is 2.10 bits per heavy atom.